The molecule has 33 heavy (non-hydrogen) atoms. The molecule has 7 heteroatoms. The molecule has 0 aliphatic carbocycles. The van der Waals surface area contributed by atoms with Crippen LogP contribution < -0.4 is 15.4 Å². The van der Waals surface area contributed by atoms with Crippen LogP contribution in [-0.4, -0.2) is 56.1 Å². The molecule has 1 unspecified atom stereocenters. The lowest BCUT2D eigenvalue weighted by atomic mass is 10.1. The lowest BCUT2D eigenvalue weighted by Gasteiger charge is -2.16. The molecule has 1 heterocycles. The molecular formula is C26H37IN4O2. The molecule has 1 atom stereocenters. The Morgan fingerprint density at radius 3 is 2.61 bits per heavy atom. The van der Waals surface area contributed by atoms with E-state index in [1.807, 2.05) is 42.2 Å². The van der Waals surface area contributed by atoms with Gasteiger partial charge >= 0.3 is 0 Å². The summed E-state index contributed by atoms with van der Waals surface area (Å²) in [5, 5.41) is 6.72. The van der Waals surface area contributed by atoms with Gasteiger partial charge in [0.15, 0.2) is 5.96 Å². The van der Waals surface area contributed by atoms with E-state index in [4.69, 9.17) is 9.73 Å². The molecule has 0 bridgehead atoms. The van der Waals surface area contributed by atoms with E-state index in [9.17, 15) is 4.79 Å². The summed E-state index contributed by atoms with van der Waals surface area (Å²) < 4.78 is 5.58. The predicted octanol–water partition coefficient (Wildman–Crippen LogP) is 3.89. The van der Waals surface area contributed by atoms with Crippen molar-refractivity contribution in [2.45, 2.75) is 33.1 Å². The fraction of sp³-hybridized carbons (Fsp3) is 0.462. The van der Waals surface area contributed by atoms with Gasteiger partial charge in [-0.2, -0.15) is 0 Å². The highest BCUT2D eigenvalue weighted by molar-refractivity contribution is 14.0. The molecule has 3 rings (SSSR count). The van der Waals surface area contributed by atoms with Crippen molar-refractivity contribution in [3.8, 4) is 5.75 Å². The van der Waals surface area contributed by atoms with E-state index >= 15 is 0 Å². The maximum Gasteiger partial charge on any atom is 0.223 e. The van der Waals surface area contributed by atoms with E-state index in [0.717, 1.165) is 50.7 Å². The van der Waals surface area contributed by atoms with Gasteiger partial charge in [0.1, 0.15) is 5.75 Å². The van der Waals surface area contributed by atoms with Gasteiger partial charge in [0.05, 0.1) is 6.61 Å². The third-order valence-corrected chi connectivity index (χ3v) is 5.58. The first-order valence-corrected chi connectivity index (χ1v) is 11.7. The molecule has 1 amide bonds. The van der Waals surface area contributed by atoms with E-state index in [0.29, 0.717) is 19.6 Å². The van der Waals surface area contributed by atoms with Crippen LogP contribution in [-0.2, 0) is 17.6 Å². The minimum absolute atomic E-state index is 0. The Bertz CT molecular complexity index is 876. The first-order chi connectivity index (χ1) is 15.7. The summed E-state index contributed by atoms with van der Waals surface area (Å²) in [6.07, 6.45) is 2.37. The number of carbonyl (C=O) groups excluding carboxylic acids is 1. The Hall–Kier alpha value is -2.29. The van der Waals surface area contributed by atoms with Gasteiger partial charge in [-0.15, -0.1) is 24.0 Å². The van der Waals surface area contributed by atoms with E-state index in [1.165, 1.54) is 11.1 Å². The van der Waals surface area contributed by atoms with Gasteiger partial charge < -0.3 is 20.3 Å². The van der Waals surface area contributed by atoms with Crippen molar-refractivity contribution in [3.63, 3.8) is 0 Å². The molecule has 0 saturated carbocycles. The minimum Gasteiger partial charge on any atom is -0.494 e. The third-order valence-electron chi connectivity index (χ3n) is 5.58. The van der Waals surface area contributed by atoms with E-state index in [2.05, 4.69) is 41.8 Å². The molecule has 1 aliphatic heterocycles. The minimum atomic E-state index is 0. The first-order valence-electron chi connectivity index (χ1n) is 11.7. The van der Waals surface area contributed by atoms with Crippen LogP contribution in [0.1, 0.15) is 31.4 Å². The average molecular weight is 565 g/mol. The number of hydrogen-bond donors (Lipinski definition) is 2. The molecule has 0 aromatic heterocycles. The molecule has 180 valence electrons. The number of halogens is 1. The number of hydrogen-bond acceptors (Lipinski definition) is 3. The Labute approximate surface area is 215 Å². The van der Waals surface area contributed by atoms with Crippen LogP contribution in [0.25, 0.3) is 0 Å². The van der Waals surface area contributed by atoms with Crippen LogP contribution in [0.15, 0.2) is 59.6 Å². The summed E-state index contributed by atoms with van der Waals surface area (Å²) in [5.74, 6) is 2.24. The molecule has 1 aliphatic rings. The summed E-state index contributed by atoms with van der Waals surface area (Å²) in [5.41, 5.74) is 2.50. The molecule has 2 aromatic carbocycles. The molecule has 1 fully saturated rings. The summed E-state index contributed by atoms with van der Waals surface area (Å²) >= 11 is 0. The number of nitrogens with one attached hydrogen (secondary N) is 2. The predicted molar refractivity (Wildman–Crippen MR) is 146 cm³/mol. The highest BCUT2D eigenvalue weighted by Gasteiger charge is 2.28. The number of benzene rings is 2. The monoisotopic (exact) mass is 564 g/mol. The standard InChI is InChI=1S/C26H36N4O2.HI/c1-3-27-26(28-15-13-22-11-8-12-24(17-22)32-4-2)29-19-23-18-25(31)30(20-23)16-14-21-9-6-5-7-10-21;/h5-12,17,23H,3-4,13-16,18-20H2,1-2H3,(H2,27,28,29);1H. The topological polar surface area (TPSA) is 66.0 Å². The first kappa shape index (κ1) is 27.0. The van der Waals surface area contributed by atoms with Crippen molar-refractivity contribution in [3.05, 3.63) is 65.7 Å². The van der Waals surface area contributed by atoms with Crippen molar-refractivity contribution in [1.29, 1.82) is 0 Å². The van der Waals surface area contributed by atoms with Crippen LogP contribution in [0, 0.1) is 5.92 Å². The highest BCUT2D eigenvalue weighted by atomic mass is 127. The van der Waals surface area contributed by atoms with Crippen LogP contribution in [0.3, 0.4) is 0 Å². The summed E-state index contributed by atoms with van der Waals surface area (Å²) in [4.78, 5) is 19.2. The number of guanidine groups is 1. The number of rotatable bonds is 11. The van der Waals surface area contributed by atoms with Crippen molar-refractivity contribution >= 4 is 35.8 Å². The average Bonchev–Trinajstić information content (AvgIpc) is 3.16. The van der Waals surface area contributed by atoms with Crippen molar-refractivity contribution in [1.82, 2.24) is 15.5 Å². The number of likely N-dealkylation sites (tertiary alicyclic amines) is 1. The molecular weight excluding hydrogens is 527 g/mol. The van der Waals surface area contributed by atoms with Crippen LogP contribution >= 0.6 is 24.0 Å². The summed E-state index contributed by atoms with van der Waals surface area (Å²) in [6, 6.07) is 18.6. The molecule has 1 saturated heterocycles. The van der Waals surface area contributed by atoms with Gasteiger partial charge in [-0.1, -0.05) is 42.5 Å². The third kappa shape index (κ3) is 9.23. The van der Waals surface area contributed by atoms with Gasteiger partial charge in [0.25, 0.3) is 0 Å². The van der Waals surface area contributed by atoms with Gasteiger partial charge in [0, 0.05) is 45.1 Å². The summed E-state index contributed by atoms with van der Waals surface area (Å²) in [6.45, 7) is 8.55. The second kappa shape index (κ2) is 14.8. The quantitative estimate of drug-likeness (QED) is 0.247. The second-order valence-corrected chi connectivity index (χ2v) is 8.12. The lowest BCUT2D eigenvalue weighted by Crippen LogP contribution is -2.38. The Kier molecular flexibility index (Phi) is 12.1. The zero-order valence-electron chi connectivity index (χ0n) is 19.8. The highest BCUT2D eigenvalue weighted by Crippen LogP contribution is 2.18. The van der Waals surface area contributed by atoms with E-state index in [-0.39, 0.29) is 35.8 Å². The molecule has 6 nitrogen and oxygen atoms in total. The van der Waals surface area contributed by atoms with Crippen molar-refractivity contribution in [2.75, 3.05) is 39.3 Å². The van der Waals surface area contributed by atoms with Gasteiger partial charge in [-0.25, -0.2) is 0 Å². The normalized spacial score (nSPS) is 15.8. The number of carbonyl (C=O) groups is 1. The molecule has 0 radical (unpaired) electrons. The second-order valence-electron chi connectivity index (χ2n) is 8.12. The Balaban J connectivity index is 0.00000385. The van der Waals surface area contributed by atoms with E-state index < -0.39 is 0 Å². The van der Waals surface area contributed by atoms with Crippen LogP contribution in [0.2, 0.25) is 0 Å². The lowest BCUT2D eigenvalue weighted by molar-refractivity contribution is -0.127. The zero-order valence-corrected chi connectivity index (χ0v) is 22.1. The zero-order chi connectivity index (χ0) is 22.6. The molecule has 0 spiro atoms. The number of amides is 1. The number of nitrogens with zero attached hydrogens (tertiary/aromatic N) is 2. The fourth-order valence-corrected chi connectivity index (χ4v) is 3.95. The van der Waals surface area contributed by atoms with Gasteiger partial charge in [-0.3, -0.25) is 9.79 Å². The summed E-state index contributed by atoms with van der Waals surface area (Å²) in [7, 11) is 0. The maximum atomic E-state index is 12.4. The smallest absolute Gasteiger partial charge is 0.223 e. The van der Waals surface area contributed by atoms with Crippen LogP contribution in [0.4, 0.5) is 0 Å². The van der Waals surface area contributed by atoms with Gasteiger partial charge in [0.2, 0.25) is 5.91 Å². The Morgan fingerprint density at radius 1 is 1.06 bits per heavy atom. The maximum absolute atomic E-state index is 12.4. The molecule has 2 aromatic rings. The number of aliphatic imine (C=N–C) groups is 1. The Morgan fingerprint density at radius 2 is 1.85 bits per heavy atom. The fourth-order valence-electron chi connectivity index (χ4n) is 3.95. The molecule has 2 N–H and O–H groups in total. The van der Waals surface area contributed by atoms with Crippen molar-refractivity contribution < 1.29 is 9.53 Å². The SMILES string of the molecule is CCNC(=NCC1CC(=O)N(CCc2ccccc2)C1)NCCc1cccc(OCC)c1.I. The van der Waals surface area contributed by atoms with Gasteiger partial charge in [-0.05, 0) is 49.9 Å². The number of ether oxygens (including phenoxy) is 1. The van der Waals surface area contributed by atoms with E-state index in [1.54, 1.807) is 0 Å². The largest absolute Gasteiger partial charge is 0.494 e. The van der Waals surface area contributed by atoms with Crippen molar-refractivity contribution in [2.24, 2.45) is 10.9 Å². The van der Waals surface area contributed by atoms with Crippen LogP contribution in [0.5, 0.6) is 5.75 Å².